The summed E-state index contributed by atoms with van der Waals surface area (Å²) in [6.45, 7) is 1.28. The number of nitro benzene ring substituents is 1. The van der Waals surface area contributed by atoms with Crippen LogP contribution in [0.15, 0.2) is 24.3 Å². The molecule has 148 valence electrons. The summed E-state index contributed by atoms with van der Waals surface area (Å²) >= 11 is 0. The Morgan fingerprint density at radius 2 is 1.96 bits per heavy atom. The van der Waals surface area contributed by atoms with Crippen LogP contribution in [0.2, 0.25) is 0 Å². The number of nitro groups is 1. The molecule has 1 aromatic carbocycles. The van der Waals surface area contributed by atoms with E-state index in [1.807, 2.05) is 0 Å². The molecule has 0 spiro atoms. The van der Waals surface area contributed by atoms with E-state index >= 15 is 0 Å². The molecule has 2 aliphatic rings. The zero-order valence-corrected chi connectivity index (χ0v) is 14.6. The second kappa shape index (κ2) is 7.25. The summed E-state index contributed by atoms with van der Waals surface area (Å²) in [5.41, 5.74) is 0.408. The Labute approximate surface area is 158 Å². The Hall–Kier alpha value is -3.50. The van der Waals surface area contributed by atoms with Crippen LogP contribution in [-0.2, 0) is 30.5 Å². The smallest absolute Gasteiger partial charge is 0.479 e. The van der Waals surface area contributed by atoms with Gasteiger partial charge in [0.05, 0.1) is 16.9 Å². The number of rotatable bonds is 6. The number of amides is 1. The Kier molecular flexibility index (Phi) is 4.99. The van der Waals surface area contributed by atoms with E-state index in [4.69, 9.17) is 14.6 Å². The van der Waals surface area contributed by atoms with Crippen molar-refractivity contribution in [3.8, 4) is 0 Å². The number of ketones is 1. The number of carboxylic acid groups (broad SMARTS) is 1. The number of hydrogen-bond donors (Lipinski definition) is 1. The Balaban J connectivity index is 1.52. The number of non-ortho nitro benzene ring substituents is 1. The van der Waals surface area contributed by atoms with Crippen LogP contribution in [0.5, 0.6) is 0 Å². The van der Waals surface area contributed by atoms with Gasteiger partial charge in [-0.15, -0.1) is 0 Å². The van der Waals surface area contributed by atoms with Crippen molar-refractivity contribution in [1.82, 2.24) is 4.90 Å². The second-order valence-electron chi connectivity index (χ2n) is 6.54. The molecule has 0 bridgehead atoms. The topological polar surface area (TPSA) is 153 Å². The number of Topliss-reactive ketones (excluding diaryl/α,β-unsaturated/α-hetero) is 1. The van der Waals surface area contributed by atoms with E-state index in [1.54, 1.807) is 0 Å². The van der Waals surface area contributed by atoms with E-state index in [-0.39, 0.29) is 18.7 Å². The number of fused-ring (bicyclic) bond motifs is 1. The minimum Gasteiger partial charge on any atom is -0.479 e. The van der Waals surface area contributed by atoms with Crippen molar-refractivity contribution < 1.29 is 38.7 Å². The van der Waals surface area contributed by atoms with E-state index in [1.165, 1.54) is 31.2 Å². The van der Waals surface area contributed by atoms with Crippen LogP contribution in [0.3, 0.4) is 0 Å². The highest BCUT2D eigenvalue weighted by Crippen LogP contribution is 2.40. The Bertz CT molecular complexity index is 851. The number of hydrogen-bond acceptors (Lipinski definition) is 8. The summed E-state index contributed by atoms with van der Waals surface area (Å²) in [4.78, 5) is 58.0. The maximum atomic E-state index is 12.2. The SMILES string of the molecule is C[C@@H](OC(=O)OCc1ccc([N+](=O)[O-])cc1)[C@H]1C(=O)N2[C@@H](C(=O)O)C(=O)C[C@H]12. The van der Waals surface area contributed by atoms with Gasteiger partial charge in [-0.1, -0.05) is 0 Å². The molecule has 0 radical (unpaired) electrons. The average molecular weight is 392 g/mol. The molecule has 1 aromatic rings. The lowest BCUT2D eigenvalue weighted by molar-refractivity contribution is -0.384. The van der Waals surface area contributed by atoms with Crippen LogP contribution in [0.1, 0.15) is 18.9 Å². The predicted molar refractivity (Wildman–Crippen MR) is 89.0 cm³/mol. The van der Waals surface area contributed by atoms with Gasteiger partial charge in [0.25, 0.3) is 5.69 Å². The number of carbonyl (C=O) groups excluding carboxylic acids is 3. The normalized spacial score (nSPS) is 24.2. The van der Waals surface area contributed by atoms with Gasteiger partial charge in [-0.05, 0) is 24.6 Å². The van der Waals surface area contributed by atoms with Crippen molar-refractivity contribution in [2.24, 2.45) is 5.92 Å². The van der Waals surface area contributed by atoms with Crippen LogP contribution in [0.4, 0.5) is 10.5 Å². The molecule has 1 N–H and O–H groups in total. The molecule has 0 unspecified atom stereocenters. The number of aliphatic carboxylic acids is 1. The number of carbonyl (C=O) groups is 4. The number of β-lactam (4-membered cyclic amide) rings is 1. The largest absolute Gasteiger partial charge is 0.508 e. The van der Waals surface area contributed by atoms with Crippen LogP contribution in [0.25, 0.3) is 0 Å². The third-order valence-corrected chi connectivity index (χ3v) is 4.83. The van der Waals surface area contributed by atoms with Crippen molar-refractivity contribution >= 4 is 29.5 Å². The van der Waals surface area contributed by atoms with Crippen LogP contribution in [-0.4, -0.2) is 56.9 Å². The van der Waals surface area contributed by atoms with Gasteiger partial charge in [0.2, 0.25) is 5.91 Å². The minimum atomic E-state index is -1.48. The Morgan fingerprint density at radius 3 is 2.54 bits per heavy atom. The molecule has 2 aliphatic heterocycles. The zero-order valence-electron chi connectivity index (χ0n) is 14.6. The van der Waals surface area contributed by atoms with Gasteiger partial charge in [0.1, 0.15) is 12.7 Å². The third kappa shape index (κ3) is 3.38. The van der Waals surface area contributed by atoms with Gasteiger partial charge in [-0.3, -0.25) is 19.7 Å². The number of nitrogens with zero attached hydrogens (tertiary/aromatic N) is 2. The summed E-state index contributed by atoms with van der Waals surface area (Å²) in [5, 5.41) is 19.7. The molecular weight excluding hydrogens is 376 g/mol. The van der Waals surface area contributed by atoms with Crippen LogP contribution < -0.4 is 0 Å². The molecule has 2 fully saturated rings. The van der Waals surface area contributed by atoms with E-state index < -0.39 is 52.8 Å². The molecule has 11 heteroatoms. The first-order valence-electron chi connectivity index (χ1n) is 8.35. The second-order valence-corrected chi connectivity index (χ2v) is 6.54. The molecule has 11 nitrogen and oxygen atoms in total. The van der Waals surface area contributed by atoms with Gasteiger partial charge >= 0.3 is 12.1 Å². The zero-order chi connectivity index (χ0) is 20.6. The maximum Gasteiger partial charge on any atom is 0.508 e. The fourth-order valence-corrected chi connectivity index (χ4v) is 3.49. The van der Waals surface area contributed by atoms with E-state index in [0.29, 0.717) is 5.56 Å². The number of carboxylic acids is 1. The maximum absolute atomic E-state index is 12.2. The van der Waals surface area contributed by atoms with Gasteiger partial charge in [-0.2, -0.15) is 0 Å². The van der Waals surface area contributed by atoms with E-state index in [9.17, 15) is 29.3 Å². The standard InChI is InChI=1S/C17H16N2O9/c1-8(13-11-6-12(20)14(16(22)23)18(11)15(13)21)28-17(24)27-7-9-2-4-10(5-3-9)19(25)26/h2-5,8,11,13-14H,6-7H2,1H3,(H,22,23)/t8-,11-,13-,14-/m1/s1. The third-order valence-electron chi connectivity index (χ3n) is 4.83. The van der Waals surface area contributed by atoms with Gasteiger partial charge in [0, 0.05) is 18.6 Å². The lowest BCUT2D eigenvalue weighted by Gasteiger charge is -2.45. The minimum absolute atomic E-state index is 0.0983. The molecule has 0 saturated carbocycles. The molecule has 0 aliphatic carbocycles. The molecule has 4 atom stereocenters. The molecular formula is C17H16N2O9. The summed E-state index contributed by atoms with van der Waals surface area (Å²) in [7, 11) is 0. The molecule has 2 heterocycles. The quantitative estimate of drug-likeness (QED) is 0.244. The first-order valence-corrected chi connectivity index (χ1v) is 8.35. The van der Waals surface area contributed by atoms with Crippen molar-refractivity contribution in [3.63, 3.8) is 0 Å². The number of benzene rings is 1. The van der Waals surface area contributed by atoms with Crippen molar-refractivity contribution in [2.45, 2.75) is 38.1 Å². The van der Waals surface area contributed by atoms with Crippen LogP contribution >= 0.6 is 0 Å². The lowest BCUT2D eigenvalue weighted by atomic mass is 9.84. The van der Waals surface area contributed by atoms with Gasteiger partial charge < -0.3 is 19.5 Å². The lowest BCUT2D eigenvalue weighted by Crippen LogP contribution is -2.65. The summed E-state index contributed by atoms with van der Waals surface area (Å²) in [5.74, 6) is -3.30. The first-order chi connectivity index (χ1) is 13.2. The first kappa shape index (κ1) is 19.3. The predicted octanol–water partition coefficient (Wildman–Crippen LogP) is 0.889. The fourth-order valence-electron chi connectivity index (χ4n) is 3.49. The highest BCUT2D eigenvalue weighted by atomic mass is 16.7. The van der Waals surface area contributed by atoms with Gasteiger partial charge in [-0.25, -0.2) is 9.59 Å². The molecule has 3 rings (SSSR count). The highest BCUT2D eigenvalue weighted by Gasteiger charge is 2.62. The van der Waals surface area contributed by atoms with Gasteiger partial charge in [0.15, 0.2) is 11.8 Å². The fraction of sp³-hybridized carbons (Fsp3) is 0.412. The molecule has 1 amide bonds. The summed E-state index contributed by atoms with van der Waals surface area (Å²) in [6, 6.07) is 3.30. The average Bonchev–Trinajstić information content (AvgIpc) is 2.93. The van der Waals surface area contributed by atoms with Crippen molar-refractivity contribution in [1.29, 1.82) is 0 Å². The van der Waals surface area contributed by atoms with Crippen molar-refractivity contribution in [2.75, 3.05) is 0 Å². The van der Waals surface area contributed by atoms with E-state index in [2.05, 4.69) is 0 Å². The Morgan fingerprint density at radius 1 is 1.32 bits per heavy atom. The molecule has 2 saturated heterocycles. The van der Waals surface area contributed by atoms with Crippen LogP contribution in [0, 0.1) is 16.0 Å². The summed E-state index contributed by atoms with van der Waals surface area (Å²) < 4.78 is 10.00. The summed E-state index contributed by atoms with van der Waals surface area (Å²) in [6.07, 6.45) is -2.05. The molecule has 28 heavy (non-hydrogen) atoms. The highest BCUT2D eigenvalue weighted by molar-refractivity contribution is 6.10. The number of ether oxygens (including phenoxy) is 2. The van der Waals surface area contributed by atoms with Crippen molar-refractivity contribution in [3.05, 3.63) is 39.9 Å². The van der Waals surface area contributed by atoms with E-state index in [0.717, 1.165) is 4.90 Å². The monoisotopic (exact) mass is 392 g/mol. The molecule has 0 aromatic heterocycles.